The van der Waals surface area contributed by atoms with Gasteiger partial charge >= 0.3 is 0 Å². The first kappa shape index (κ1) is 10.6. The number of anilines is 2. The predicted molar refractivity (Wildman–Crippen MR) is 67.0 cm³/mol. The van der Waals surface area contributed by atoms with Crippen LogP contribution in [0.25, 0.3) is 0 Å². The van der Waals surface area contributed by atoms with Gasteiger partial charge in [-0.3, -0.25) is 4.79 Å². The van der Waals surface area contributed by atoms with Gasteiger partial charge in [0.25, 0.3) is 0 Å². The van der Waals surface area contributed by atoms with Crippen LogP contribution in [0, 0.1) is 12.3 Å². The highest BCUT2D eigenvalue weighted by atomic mass is 16.2. The summed E-state index contributed by atoms with van der Waals surface area (Å²) in [5, 5.41) is 6.44. The van der Waals surface area contributed by atoms with Gasteiger partial charge in [-0.15, -0.1) is 0 Å². The van der Waals surface area contributed by atoms with Crippen molar-refractivity contribution < 1.29 is 4.79 Å². The standard InChI is InChI=1S/C13H17N3O/c1-8-6-9-11(14-7-8)16-10-4-3-5-13(10,2)12(17)15-9/h6-7,10H,3-5H2,1-2H3,(H,14,16)(H,15,17). The number of fused-ring (bicyclic) bond motifs is 2. The maximum Gasteiger partial charge on any atom is 0.232 e. The molecule has 0 saturated heterocycles. The van der Waals surface area contributed by atoms with E-state index in [4.69, 9.17) is 0 Å². The predicted octanol–water partition coefficient (Wildman–Crippen LogP) is 2.31. The van der Waals surface area contributed by atoms with Crippen molar-refractivity contribution in [1.82, 2.24) is 4.98 Å². The molecule has 3 rings (SSSR count). The van der Waals surface area contributed by atoms with E-state index in [0.29, 0.717) is 0 Å². The van der Waals surface area contributed by atoms with Gasteiger partial charge in [-0.2, -0.15) is 0 Å². The molecule has 0 spiro atoms. The van der Waals surface area contributed by atoms with Crippen LogP contribution in [0.5, 0.6) is 0 Å². The smallest absolute Gasteiger partial charge is 0.232 e. The zero-order valence-electron chi connectivity index (χ0n) is 10.2. The largest absolute Gasteiger partial charge is 0.365 e. The molecule has 1 fully saturated rings. The van der Waals surface area contributed by atoms with Crippen LogP contribution in [0.3, 0.4) is 0 Å². The van der Waals surface area contributed by atoms with Crippen molar-refractivity contribution in [2.45, 2.75) is 39.2 Å². The Labute approximate surface area is 101 Å². The molecule has 2 heterocycles. The molecular weight excluding hydrogens is 214 g/mol. The van der Waals surface area contributed by atoms with Crippen LogP contribution in [-0.2, 0) is 4.79 Å². The minimum atomic E-state index is -0.297. The summed E-state index contributed by atoms with van der Waals surface area (Å²) in [6.07, 6.45) is 4.92. The Kier molecular flexibility index (Phi) is 2.15. The molecule has 1 aliphatic carbocycles. The molecule has 2 aliphatic rings. The fourth-order valence-corrected chi connectivity index (χ4v) is 2.88. The normalized spacial score (nSPS) is 30.9. The topological polar surface area (TPSA) is 54.0 Å². The summed E-state index contributed by atoms with van der Waals surface area (Å²) in [7, 11) is 0. The number of hydrogen-bond acceptors (Lipinski definition) is 3. The molecular formula is C13H17N3O. The average Bonchev–Trinajstić information content (AvgIpc) is 2.61. The number of carbonyl (C=O) groups excluding carboxylic acids is 1. The summed E-state index contributed by atoms with van der Waals surface area (Å²) in [5.74, 6) is 0.929. The third kappa shape index (κ3) is 1.51. The van der Waals surface area contributed by atoms with Crippen LogP contribution in [0.4, 0.5) is 11.5 Å². The third-order valence-corrected chi connectivity index (χ3v) is 4.06. The lowest BCUT2D eigenvalue weighted by Crippen LogP contribution is -2.41. The first-order valence-electron chi connectivity index (χ1n) is 6.14. The SMILES string of the molecule is Cc1cnc2c(c1)NC(=O)C1(C)CCCC1N2. The molecule has 0 aromatic carbocycles. The molecule has 1 amide bonds. The Hall–Kier alpha value is -1.58. The molecule has 2 N–H and O–H groups in total. The Balaban J connectivity index is 2.06. The summed E-state index contributed by atoms with van der Waals surface area (Å²) < 4.78 is 0. The highest BCUT2D eigenvalue weighted by Crippen LogP contribution is 2.43. The minimum absolute atomic E-state index is 0.124. The van der Waals surface area contributed by atoms with Gasteiger partial charge in [0.1, 0.15) is 5.82 Å². The lowest BCUT2D eigenvalue weighted by atomic mass is 9.84. The van der Waals surface area contributed by atoms with Crippen molar-refractivity contribution in [3.8, 4) is 0 Å². The first-order chi connectivity index (χ1) is 8.09. The van der Waals surface area contributed by atoms with E-state index >= 15 is 0 Å². The molecule has 4 heteroatoms. The molecule has 0 radical (unpaired) electrons. The fourth-order valence-electron chi connectivity index (χ4n) is 2.88. The summed E-state index contributed by atoms with van der Waals surface area (Å²) in [6, 6.07) is 2.18. The highest BCUT2D eigenvalue weighted by molar-refractivity contribution is 5.99. The van der Waals surface area contributed by atoms with Crippen molar-refractivity contribution in [3.05, 3.63) is 17.8 Å². The lowest BCUT2D eigenvalue weighted by molar-refractivity contribution is -0.124. The molecule has 1 aromatic heterocycles. The van der Waals surface area contributed by atoms with Gasteiger partial charge in [-0.25, -0.2) is 4.98 Å². The molecule has 1 aliphatic heterocycles. The second-order valence-corrected chi connectivity index (χ2v) is 5.37. The summed E-state index contributed by atoms with van der Waals surface area (Å²) in [4.78, 5) is 16.7. The van der Waals surface area contributed by atoms with Crippen LogP contribution < -0.4 is 10.6 Å². The summed E-state index contributed by atoms with van der Waals surface area (Å²) in [5.41, 5.74) is 1.57. The number of pyridine rings is 1. The van der Waals surface area contributed by atoms with E-state index in [1.807, 2.05) is 26.1 Å². The molecule has 0 bridgehead atoms. The van der Waals surface area contributed by atoms with E-state index < -0.39 is 0 Å². The van der Waals surface area contributed by atoms with Crippen LogP contribution in [0.15, 0.2) is 12.3 Å². The Morgan fingerprint density at radius 1 is 1.53 bits per heavy atom. The van der Waals surface area contributed by atoms with Crippen LogP contribution >= 0.6 is 0 Å². The van der Waals surface area contributed by atoms with Crippen LogP contribution in [0.2, 0.25) is 0 Å². The third-order valence-electron chi connectivity index (χ3n) is 4.06. The molecule has 17 heavy (non-hydrogen) atoms. The van der Waals surface area contributed by atoms with Crippen molar-refractivity contribution in [2.75, 3.05) is 10.6 Å². The maximum atomic E-state index is 12.3. The second kappa shape index (κ2) is 3.45. The van der Waals surface area contributed by atoms with E-state index in [2.05, 4.69) is 15.6 Å². The summed E-state index contributed by atoms with van der Waals surface area (Å²) in [6.45, 7) is 4.03. The highest BCUT2D eigenvalue weighted by Gasteiger charge is 2.47. The van der Waals surface area contributed by atoms with Crippen molar-refractivity contribution in [3.63, 3.8) is 0 Å². The van der Waals surface area contributed by atoms with Crippen molar-refractivity contribution in [1.29, 1.82) is 0 Å². The van der Waals surface area contributed by atoms with Crippen LogP contribution in [-0.4, -0.2) is 16.9 Å². The molecule has 4 nitrogen and oxygen atoms in total. The average molecular weight is 231 g/mol. The number of rotatable bonds is 0. The number of aromatic nitrogens is 1. The first-order valence-corrected chi connectivity index (χ1v) is 6.14. The van der Waals surface area contributed by atoms with E-state index in [1.54, 1.807) is 0 Å². The molecule has 2 atom stereocenters. The zero-order valence-corrected chi connectivity index (χ0v) is 10.2. The number of amides is 1. The lowest BCUT2D eigenvalue weighted by Gasteiger charge is -2.27. The number of aryl methyl sites for hydroxylation is 1. The fraction of sp³-hybridized carbons (Fsp3) is 0.538. The van der Waals surface area contributed by atoms with Crippen LogP contribution in [0.1, 0.15) is 31.7 Å². The van der Waals surface area contributed by atoms with Crippen molar-refractivity contribution in [2.24, 2.45) is 5.41 Å². The van der Waals surface area contributed by atoms with E-state index in [-0.39, 0.29) is 17.4 Å². The number of nitrogens with one attached hydrogen (secondary N) is 2. The summed E-state index contributed by atoms with van der Waals surface area (Å²) >= 11 is 0. The van der Waals surface area contributed by atoms with E-state index in [1.165, 1.54) is 0 Å². The zero-order chi connectivity index (χ0) is 12.0. The van der Waals surface area contributed by atoms with Gasteiger partial charge in [0.15, 0.2) is 0 Å². The van der Waals surface area contributed by atoms with E-state index in [9.17, 15) is 4.79 Å². The molecule has 1 aromatic rings. The second-order valence-electron chi connectivity index (χ2n) is 5.37. The molecule has 1 saturated carbocycles. The van der Waals surface area contributed by atoms with Gasteiger partial charge < -0.3 is 10.6 Å². The van der Waals surface area contributed by atoms with Crippen molar-refractivity contribution >= 4 is 17.4 Å². The Morgan fingerprint density at radius 2 is 2.35 bits per heavy atom. The monoisotopic (exact) mass is 231 g/mol. The van der Waals surface area contributed by atoms with E-state index in [0.717, 1.165) is 36.3 Å². The molecule has 90 valence electrons. The van der Waals surface area contributed by atoms with Gasteiger partial charge in [0.2, 0.25) is 5.91 Å². The van der Waals surface area contributed by atoms with Gasteiger partial charge in [-0.1, -0.05) is 6.42 Å². The van der Waals surface area contributed by atoms with Gasteiger partial charge in [0.05, 0.1) is 11.1 Å². The Bertz CT molecular complexity index is 486. The van der Waals surface area contributed by atoms with Gasteiger partial charge in [0, 0.05) is 12.2 Å². The molecule has 2 unspecified atom stereocenters. The van der Waals surface area contributed by atoms with Gasteiger partial charge in [-0.05, 0) is 38.3 Å². The Morgan fingerprint density at radius 3 is 3.18 bits per heavy atom. The number of carbonyl (C=O) groups is 1. The number of nitrogens with zero attached hydrogens (tertiary/aromatic N) is 1. The number of hydrogen-bond donors (Lipinski definition) is 2. The maximum absolute atomic E-state index is 12.3. The quantitative estimate of drug-likeness (QED) is 0.720. The minimum Gasteiger partial charge on any atom is -0.365 e.